The molecule has 0 aromatic heterocycles. The fourth-order valence-electron chi connectivity index (χ4n) is 1.58. The average Bonchev–Trinajstić information content (AvgIpc) is 2.15. The molecule has 2 rings (SSSR count). The van der Waals surface area contributed by atoms with Crippen LogP contribution in [0.3, 0.4) is 0 Å². The molecule has 1 aliphatic rings. The van der Waals surface area contributed by atoms with E-state index in [9.17, 15) is 9.90 Å². The summed E-state index contributed by atoms with van der Waals surface area (Å²) in [5, 5.41) is 9.50. The van der Waals surface area contributed by atoms with Crippen molar-refractivity contribution in [3.05, 3.63) is 18.2 Å². The Morgan fingerprint density at radius 1 is 1.44 bits per heavy atom. The minimum Gasteiger partial charge on any atom is -0.504 e. The molecular weight excluding hydrogens is 208 g/mol. The molecule has 1 saturated carbocycles. The number of aromatic hydroxyl groups is 1. The molecule has 1 fully saturated rings. The second kappa shape index (κ2) is 4.43. The van der Waals surface area contributed by atoms with Crippen LogP contribution in [0, 0.1) is 5.92 Å². The Hall–Kier alpha value is -1.71. The number of hydrogen-bond acceptors (Lipinski definition) is 4. The van der Waals surface area contributed by atoms with Crippen LogP contribution >= 0.6 is 0 Å². The van der Waals surface area contributed by atoms with Crippen molar-refractivity contribution in [1.82, 2.24) is 0 Å². The maximum atomic E-state index is 11.5. The first-order chi connectivity index (χ1) is 7.70. The summed E-state index contributed by atoms with van der Waals surface area (Å²) in [4.78, 5) is 11.5. The molecular formula is C12H14O4. The van der Waals surface area contributed by atoms with Gasteiger partial charge in [0.25, 0.3) is 0 Å². The normalized spacial score (nSPS) is 15.3. The number of ether oxygens (including phenoxy) is 2. The third-order valence-electron chi connectivity index (χ3n) is 2.81. The molecule has 0 heterocycles. The molecule has 0 spiro atoms. The summed E-state index contributed by atoms with van der Waals surface area (Å²) in [6, 6.07) is 4.56. The van der Waals surface area contributed by atoms with Gasteiger partial charge in [-0.15, -0.1) is 0 Å². The zero-order chi connectivity index (χ0) is 11.5. The van der Waals surface area contributed by atoms with E-state index in [-0.39, 0.29) is 17.6 Å². The SMILES string of the molecule is COc1ccc(OC(=O)C2CCC2)cc1O. The van der Waals surface area contributed by atoms with E-state index >= 15 is 0 Å². The molecule has 4 heteroatoms. The first-order valence-electron chi connectivity index (χ1n) is 5.29. The van der Waals surface area contributed by atoms with E-state index in [4.69, 9.17) is 9.47 Å². The molecule has 1 N–H and O–H groups in total. The Morgan fingerprint density at radius 3 is 2.69 bits per heavy atom. The summed E-state index contributed by atoms with van der Waals surface area (Å²) >= 11 is 0. The first-order valence-corrected chi connectivity index (χ1v) is 5.29. The standard InChI is InChI=1S/C12H14O4/c1-15-11-6-5-9(7-10(11)13)16-12(14)8-3-2-4-8/h5-8,13H,2-4H2,1H3. The lowest BCUT2D eigenvalue weighted by atomic mass is 9.86. The van der Waals surface area contributed by atoms with Crippen molar-refractivity contribution in [3.63, 3.8) is 0 Å². The highest BCUT2D eigenvalue weighted by Crippen LogP contribution is 2.32. The zero-order valence-corrected chi connectivity index (χ0v) is 9.10. The van der Waals surface area contributed by atoms with E-state index in [1.807, 2.05) is 0 Å². The molecule has 0 bridgehead atoms. The van der Waals surface area contributed by atoms with Gasteiger partial charge >= 0.3 is 5.97 Å². The third-order valence-corrected chi connectivity index (χ3v) is 2.81. The van der Waals surface area contributed by atoms with Gasteiger partial charge in [0.15, 0.2) is 11.5 Å². The summed E-state index contributed by atoms with van der Waals surface area (Å²) in [6.45, 7) is 0. The van der Waals surface area contributed by atoms with E-state index in [1.54, 1.807) is 12.1 Å². The highest BCUT2D eigenvalue weighted by atomic mass is 16.5. The molecule has 0 saturated heterocycles. The number of methoxy groups -OCH3 is 1. The van der Waals surface area contributed by atoms with Crippen LogP contribution in [-0.2, 0) is 4.79 Å². The summed E-state index contributed by atoms with van der Waals surface area (Å²) in [7, 11) is 1.47. The molecule has 0 amide bonds. The smallest absolute Gasteiger partial charge is 0.314 e. The summed E-state index contributed by atoms with van der Waals surface area (Å²) in [5.41, 5.74) is 0. The number of carbonyl (C=O) groups excluding carboxylic acids is 1. The van der Waals surface area contributed by atoms with Gasteiger partial charge in [0.05, 0.1) is 13.0 Å². The quantitative estimate of drug-likeness (QED) is 0.628. The van der Waals surface area contributed by atoms with Gasteiger partial charge in [0, 0.05) is 6.07 Å². The number of rotatable bonds is 3. The molecule has 4 nitrogen and oxygen atoms in total. The van der Waals surface area contributed by atoms with Gasteiger partial charge in [-0.25, -0.2) is 0 Å². The van der Waals surface area contributed by atoms with Crippen molar-refractivity contribution < 1.29 is 19.4 Å². The van der Waals surface area contributed by atoms with Crippen LogP contribution in [-0.4, -0.2) is 18.2 Å². The van der Waals surface area contributed by atoms with E-state index in [0.29, 0.717) is 11.5 Å². The van der Waals surface area contributed by atoms with Gasteiger partial charge < -0.3 is 14.6 Å². The maximum Gasteiger partial charge on any atom is 0.314 e. The predicted molar refractivity (Wildman–Crippen MR) is 57.6 cm³/mol. The van der Waals surface area contributed by atoms with Crippen molar-refractivity contribution in [2.24, 2.45) is 5.92 Å². The molecule has 0 unspecified atom stereocenters. The minimum absolute atomic E-state index is 0.0265. The fourth-order valence-corrected chi connectivity index (χ4v) is 1.58. The highest BCUT2D eigenvalue weighted by molar-refractivity contribution is 5.76. The van der Waals surface area contributed by atoms with Crippen molar-refractivity contribution >= 4 is 5.97 Å². The van der Waals surface area contributed by atoms with Crippen LogP contribution in [0.2, 0.25) is 0 Å². The lowest BCUT2D eigenvalue weighted by molar-refractivity contribution is -0.141. The summed E-state index contributed by atoms with van der Waals surface area (Å²) in [5.74, 6) is 0.514. The Labute approximate surface area is 93.8 Å². The van der Waals surface area contributed by atoms with Gasteiger partial charge in [-0.3, -0.25) is 4.79 Å². The van der Waals surface area contributed by atoms with Gasteiger partial charge in [0.1, 0.15) is 5.75 Å². The topological polar surface area (TPSA) is 55.8 Å². The van der Waals surface area contributed by atoms with Crippen LogP contribution in [0.1, 0.15) is 19.3 Å². The monoisotopic (exact) mass is 222 g/mol. The van der Waals surface area contributed by atoms with Crippen LogP contribution in [0.5, 0.6) is 17.2 Å². The van der Waals surface area contributed by atoms with Crippen molar-refractivity contribution in [2.45, 2.75) is 19.3 Å². The lowest BCUT2D eigenvalue weighted by Gasteiger charge is -2.22. The Kier molecular flexibility index (Phi) is 2.99. The van der Waals surface area contributed by atoms with Crippen molar-refractivity contribution in [2.75, 3.05) is 7.11 Å². The summed E-state index contributed by atoms with van der Waals surface area (Å²) < 4.78 is 10.0. The lowest BCUT2D eigenvalue weighted by Crippen LogP contribution is -2.26. The van der Waals surface area contributed by atoms with Gasteiger partial charge in [-0.05, 0) is 25.0 Å². The molecule has 0 aliphatic heterocycles. The van der Waals surface area contributed by atoms with Crippen LogP contribution in [0.15, 0.2) is 18.2 Å². The van der Waals surface area contributed by atoms with E-state index in [0.717, 1.165) is 19.3 Å². The van der Waals surface area contributed by atoms with Gasteiger partial charge in [-0.1, -0.05) is 6.42 Å². The third kappa shape index (κ3) is 2.10. The molecule has 86 valence electrons. The maximum absolute atomic E-state index is 11.5. The minimum atomic E-state index is -0.212. The van der Waals surface area contributed by atoms with E-state index < -0.39 is 0 Å². The Bertz CT molecular complexity index is 396. The Morgan fingerprint density at radius 2 is 2.19 bits per heavy atom. The molecule has 1 aliphatic carbocycles. The average molecular weight is 222 g/mol. The fraction of sp³-hybridized carbons (Fsp3) is 0.417. The van der Waals surface area contributed by atoms with Crippen LogP contribution in [0.4, 0.5) is 0 Å². The van der Waals surface area contributed by atoms with Gasteiger partial charge in [-0.2, -0.15) is 0 Å². The van der Waals surface area contributed by atoms with E-state index in [1.165, 1.54) is 13.2 Å². The predicted octanol–water partition coefficient (Wildman–Crippen LogP) is 2.11. The summed E-state index contributed by atoms with van der Waals surface area (Å²) in [6.07, 6.45) is 2.90. The first kappa shape index (κ1) is 10.8. The van der Waals surface area contributed by atoms with E-state index in [2.05, 4.69) is 0 Å². The highest BCUT2D eigenvalue weighted by Gasteiger charge is 2.27. The second-order valence-corrected chi connectivity index (χ2v) is 3.88. The number of hydrogen-bond donors (Lipinski definition) is 1. The zero-order valence-electron chi connectivity index (χ0n) is 9.10. The molecule has 1 aromatic rings. The van der Waals surface area contributed by atoms with Crippen LogP contribution < -0.4 is 9.47 Å². The molecule has 1 aromatic carbocycles. The van der Waals surface area contributed by atoms with Crippen molar-refractivity contribution in [3.8, 4) is 17.2 Å². The number of benzene rings is 1. The van der Waals surface area contributed by atoms with Gasteiger partial charge in [0.2, 0.25) is 0 Å². The molecule has 0 radical (unpaired) electrons. The number of carbonyl (C=O) groups is 1. The number of esters is 1. The second-order valence-electron chi connectivity index (χ2n) is 3.88. The van der Waals surface area contributed by atoms with Crippen LogP contribution in [0.25, 0.3) is 0 Å². The molecule has 0 atom stereocenters. The molecule has 16 heavy (non-hydrogen) atoms. The Balaban J connectivity index is 2.03. The largest absolute Gasteiger partial charge is 0.504 e. The van der Waals surface area contributed by atoms with Crippen molar-refractivity contribution in [1.29, 1.82) is 0 Å². The number of phenols is 1. The number of phenolic OH excluding ortho intramolecular Hbond substituents is 1.